The number of hydrogen-bond acceptors (Lipinski definition) is 8. The second-order valence-electron chi connectivity index (χ2n) is 6.95. The third kappa shape index (κ3) is 5.68. The number of benzene rings is 1. The van der Waals surface area contributed by atoms with E-state index in [9.17, 15) is 32.9 Å². The third-order valence-corrected chi connectivity index (χ3v) is 4.80. The normalized spacial score (nSPS) is 14.7. The zero-order valence-corrected chi connectivity index (χ0v) is 16.5. The number of piperidine rings is 1. The Morgan fingerprint density at radius 1 is 1.22 bits per heavy atom. The number of ether oxygens (including phenoxy) is 1. The van der Waals surface area contributed by atoms with Crippen molar-refractivity contribution in [3.05, 3.63) is 52.3 Å². The monoisotopic (exact) mass is 453 g/mol. The van der Waals surface area contributed by atoms with E-state index in [0.29, 0.717) is 37.9 Å². The molecule has 0 radical (unpaired) electrons. The first-order valence-corrected chi connectivity index (χ1v) is 9.49. The van der Waals surface area contributed by atoms with Gasteiger partial charge in [-0.2, -0.15) is 13.2 Å². The molecule has 0 bridgehead atoms. The van der Waals surface area contributed by atoms with Gasteiger partial charge in [-0.05, 0) is 25.0 Å². The average molecular weight is 453 g/mol. The highest BCUT2D eigenvalue weighted by Crippen LogP contribution is 2.37. The summed E-state index contributed by atoms with van der Waals surface area (Å²) in [6.07, 6.45) is -0.826. The van der Waals surface area contributed by atoms with Crippen LogP contribution in [0.5, 0.6) is 0 Å². The second kappa shape index (κ2) is 9.58. The molecule has 0 saturated carbocycles. The summed E-state index contributed by atoms with van der Waals surface area (Å²) in [4.78, 5) is 44.2. The molecule has 1 fully saturated rings. The quantitative estimate of drug-likeness (QED) is 0.402. The molecule has 2 heterocycles. The molecule has 3 rings (SSSR count). The zero-order valence-electron chi connectivity index (χ0n) is 16.5. The van der Waals surface area contributed by atoms with Crippen molar-refractivity contribution >= 4 is 29.2 Å². The van der Waals surface area contributed by atoms with Crippen LogP contribution in [0.2, 0.25) is 0 Å². The standard InChI is InChI=1S/C19H18F3N5O5/c20-19(21,22)14-10-13(27(30)31)2-3-15(14)25-16(28)11-32-17(29)12-4-8-26(9-5-12)18-23-6-1-7-24-18/h1-3,6-7,10,12H,4-5,8-9,11H2,(H,25,28). The van der Waals surface area contributed by atoms with E-state index >= 15 is 0 Å². The molecule has 1 amide bonds. The van der Waals surface area contributed by atoms with Crippen LogP contribution < -0.4 is 10.2 Å². The van der Waals surface area contributed by atoms with E-state index in [1.165, 1.54) is 0 Å². The number of aromatic nitrogens is 2. The summed E-state index contributed by atoms with van der Waals surface area (Å²) in [6, 6.07) is 3.63. The van der Waals surface area contributed by atoms with Crippen molar-refractivity contribution in [2.24, 2.45) is 5.92 Å². The van der Waals surface area contributed by atoms with Gasteiger partial charge < -0.3 is 15.0 Å². The first-order valence-electron chi connectivity index (χ1n) is 9.49. The van der Waals surface area contributed by atoms with Crippen LogP contribution in [0.1, 0.15) is 18.4 Å². The highest BCUT2D eigenvalue weighted by atomic mass is 19.4. The molecular formula is C19H18F3N5O5. The van der Waals surface area contributed by atoms with Crippen molar-refractivity contribution in [2.75, 3.05) is 29.9 Å². The van der Waals surface area contributed by atoms with E-state index < -0.39 is 52.4 Å². The van der Waals surface area contributed by atoms with Gasteiger partial charge in [-0.3, -0.25) is 19.7 Å². The fourth-order valence-corrected chi connectivity index (χ4v) is 3.20. The fraction of sp³-hybridized carbons (Fsp3) is 0.368. The number of esters is 1. The number of hydrogen-bond donors (Lipinski definition) is 1. The number of non-ortho nitro benzene ring substituents is 1. The lowest BCUT2D eigenvalue weighted by molar-refractivity contribution is -0.385. The van der Waals surface area contributed by atoms with Crippen LogP contribution in [0.4, 0.5) is 30.5 Å². The molecule has 1 aromatic heterocycles. The van der Waals surface area contributed by atoms with E-state index in [-0.39, 0.29) is 0 Å². The number of nitrogens with zero attached hydrogens (tertiary/aromatic N) is 4. The van der Waals surface area contributed by atoms with Crippen molar-refractivity contribution in [2.45, 2.75) is 19.0 Å². The minimum absolute atomic E-state index is 0.325. The lowest BCUT2D eigenvalue weighted by Crippen LogP contribution is -2.38. The van der Waals surface area contributed by atoms with Crippen molar-refractivity contribution < 1.29 is 32.4 Å². The maximum absolute atomic E-state index is 13.2. The van der Waals surface area contributed by atoms with Crippen molar-refractivity contribution in [1.82, 2.24) is 9.97 Å². The number of nitro groups is 1. The van der Waals surface area contributed by atoms with Gasteiger partial charge in [-0.15, -0.1) is 0 Å². The van der Waals surface area contributed by atoms with Gasteiger partial charge in [0.2, 0.25) is 5.95 Å². The molecular weight excluding hydrogens is 435 g/mol. The highest BCUT2D eigenvalue weighted by Gasteiger charge is 2.36. The molecule has 32 heavy (non-hydrogen) atoms. The number of nitrogens with one attached hydrogen (secondary N) is 1. The molecule has 1 aliphatic heterocycles. The van der Waals surface area contributed by atoms with Gasteiger partial charge in [0.15, 0.2) is 6.61 Å². The van der Waals surface area contributed by atoms with Gasteiger partial charge in [0.05, 0.1) is 22.1 Å². The van der Waals surface area contributed by atoms with Crippen LogP contribution in [-0.4, -0.2) is 46.5 Å². The van der Waals surface area contributed by atoms with Crippen LogP contribution in [0.3, 0.4) is 0 Å². The first-order chi connectivity index (χ1) is 15.1. The Bertz CT molecular complexity index is 995. The van der Waals surface area contributed by atoms with Crippen LogP contribution in [-0.2, 0) is 20.5 Å². The van der Waals surface area contributed by atoms with Gasteiger partial charge in [0.25, 0.3) is 11.6 Å². The molecule has 1 saturated heterocycles. The average Bonchev–Trinajstić information content (AvgIpc) is 2.77. The Morgan fingerprint density at radius 2 is 1.88 bits per heavy atom. The van der Waals surface area contributed by atoms with E-state index in [2.05, 4.69) is 9.97 Å². The van der Waals surface area contributed by atoms with E-state index in [1.54, 1.807) is 18.5 Å². The largest absolute Gasteiger partial charge is 0.455 e. The molecule has 170 valence electrons. The summed E-state index contributed by atoms with van der Waals surface area (Å²) >= 11 is 0. The van der Waals surface area contributed by atoms with Crippen LogP contribution in [0.15, 0.2) is 36.7 Å². The number of carbonyl (C=O) groups excluding carboxylic acids is 2. The predicted molar refractivity (Wildman–Crippen MR) is 105 cm³/mol. The maximum Gasteiger partial charge on any atom is 0.418 e. The van der Waals surface area contributed by atoms with E-state index in [4.69, 9.17) is 4.74 Å². The van der Waals surface area contributed by atoms with Crippen molar-refractivity contribution in [3.8, 4) is 0 Å². The number of halogens is 3. The van der Waals surface area contributed by atoms with Gasteiger partial charge in [0, 0.05) is 37.6 Å². The molecule has 0 spiro atoms. The fourth-order valence-electron chi connectivity index (χ4n) is 3.20. The molecule has 10 nitrogen and oxygen atoms in total. The predicted octanol–water partition coefficient (Wildman–Crippen LogP) is 2.80. The molecule has 13 heteroatoms. The summed E-state index contributed by atoms with van der Waals surface area (Å²) in [5, 5.41) is 12.7. The van der Waals surface area contributed by atoms with Crippen molar-refractivity contribution in [1.29, 1.82) is 0 Å². The molecule has 0 atom stereocenters. The van der Waals surface area contributed by atoms with Crippen LogP contribution in [0.25, 0.3) is 0 Å². The molecule has 1 aliphatic rings. The van der Waals surface area contributed by atoms with Gasteiger partial charge in [-0.1, -0.05) is 0 Å². The Balaban J connectivity index is 1.53. The first kappa shape index (κ1) is 22.9. The summed E-state index contributed by atoms with van der Waals surface area (Å²) in [7, 11) is 0. The number of carbonyl (C=O) groups is 2. The molecule has 1 aromatic carbocycles. The van der Waals surface area contributed by atoms with Crippen molar-refractivity contribution in [3.63, 3.8) is 0 Å². The number of rotatable bonds is 6. The van der Waals surface area contributed by atoms with E-state index in [0.717, 1.165) is 12.1 Å². The van der Waals surface area contributed by atoms with Gasteiger partial charge in [-0.25, -0.2) is 9.97 Å². The zero-order chi connectivity index (χ0) is 23.3. The minimum atomic E-state index is -4.93. The number of anilines is 2. The molecule has 2 aromatic rings. The third-order valence-electron chi connectivity index (χ3n) is 4.80. The topological polar surface area (TPSA) is 128 Å². The smallest absolute Gasteiger partial charge is 0.418 e. The van der Waals surface area contributed by atoms with Gasteiger partial charge in [0.1, 0.15) is 0 Å². The van der Waals surface area contributed by atoms with Crippen LogP contribution >= 0.6 is 0 Å². The maximum atomic E-state index is 13.2. The SMILES string of the molecule is O=C(COC(=O)C1CCN(c2ncccn2)CC1)Nc1ccc([N+](=O)[O-])cc1C(F)(F)F. The molecule has 0 aliphatic carbocycles. The number of nitro benzene ring substituents is 1. The van der Waals surface area contributed by atoms with Gasteiger partial charge >= 0.3 is 12.1 Å². The second-order valence-corrected chi connectivity index (χ2v) is 6.95. The Hall–Kier alpha value is -3.77. The summed E-state index contributed by atoms with van der Waals surface area (Å²) in [5.74, 6) is -1.54. The summed E-state index contributed by atoms with van der Waals surface area (Å²) < 4.78 is 44.5. The lowest BCUT2D eigenvalue weighted by atomic mass is 9.97. The number of amides is 1. The number of alkyl halides is 3. The summed E-state index contributed by atoms with van der Waals surface area (Å²) in [6.45, 7) is 0.233. The Morgan fingerprint density at radius 3 is 2.47 bits per heavy atom. The Labute approximate surface area is 179 Å². The minimum Gasteiger partial charge on any atom is -0.455 e. The Kier molecular flexibility index (Phi) is 6.85. The highest BCUT2D eigenvalue weighted by molar-refractivity contribution is 5.94. The van der Waals surface area contributed by atoms with Crippen LogP contribution in [0, 0.1) is 16.0 Å². The summed E-state index contributed by atoms with van der Waals surface area (Å²) in [5.41, 5.74) is -2.81. The lowest BCUT2D eigenvalue weighted by Gasteiger charge is -2.30. The molecule has 0 unspecified atom stereocenters. The van der Waals surface area contributed by atoms with E-state index in [1.807, 2.05) is 10.2 Å². The molecule has 1 N–H and O–H groups in total.